The first-order valence-electron chi connectivity index (χ1n) is 13.8. The van der Waals surface area contributed by atoms with E-state index in [0.29, 0.717) is 40.5 Å². The fourth-order valence-corrected chi connectivity index (χ4v) is 5.58. The highest BCUT2D eigenvalue weighted by Gasteiger charge is 2.34. The molecule has 2 fully saturated rings. The molecule has 1 aliphatic heterocycles. The minimum absolute atomic E-state index is 0.0539. The Bertz CT molecular complexity index is 1330. The van der Waals surface area contributed by atoms with Crippen LogP contribution in [0.1, 0.15) is 53.9 Å². The minimum Gasteiger partial charge on any atom is -0.497 e. The number of methoxy groups -OCH3 is 1. The first-order valence-corrected chi connectivity index (χ1v) is 14.2. The zero-order chi connectivity index (χ0) is 28.1. The summed E-state index contributed by atoms with van der Waals surface area (Å²) in [6.07, 6.45) is 4.22. The van der Waals surface area contributed by atoms with Crippen LogP contribution < -0.4 is 19.7 Å². The van der Waals surface area contributed by atoms with Crippen molar-refractivity contribution in [1.82, 2.24) is 0 Å². The maximum atomic E-state index is 13.2. The summed E-state index contributed by atoms with van der Waals surface area (Å²) in [6, 6.07) is 20.5. The van der Waals surface area contributed by atoms with Gasteiger partial charge in [-0.05, 0) is 97.5 Å². The second-order valence-corrected chi connectivity index (χ2v) is 11.1. The van der Waals surface area contributed by atoms with E-state index in [1.165, 1.54) is 0 Å². The van der Waals surface area contributed by atoms with Gasteiger partial charge in [0.1, 0.15) is 11.5 Å². The number of carbonyl (C=O) groups excluding carboxylic acids is 1. The second-order valence-electron chi connectivity index (χ2n) is 10.7. The number of hydrogen-bond donors (Lipinski definition) is 2. The number of carboxylic acids is 1. The number of carbonyl (C=O) groups is 2. The van der Waals surface area contributed by atoms with E-state index < -0.39 is 5.97 Å². The van der Waals surface area contributed by atoms with Crippen molar-refractivity contribution in [2.24, 2.45) is 11.8 Å². The predicted molar refractivity (Wildman–Crippen MR) is 157 cm³/mol. The lowest BCUT2D eigenvalue weighted by atomic mass is 9.91. The predicted octanol–water partition coefficient (Wildman–Crippen LogP) is 6.86. The van der Waals surface area contributed by atoms with Gasteiger partial charge in [-0.2, -0.15) is 0 Å². The molecule has 1 atom stereocenters. The molecule has 3 aromatic rings. The van der Waals surface area contributed by atoms with Crippen LogP contribution in [0, 0.1) is 11.8 Å². The van der Waals surface area contributed by atoms with Crippen molar-refractivity contribution < 1.29 is 24.2 Å². The average molecular weight is 563 g/mol. The molecule has 0 spiro atoms. The molecular formula is C32H35ClN2O5. The van der Waals surface area contributed by atoms with Gasteiger partial charge < -0.3 is 24.8 Å². The van der Waals surface area contributed by atoms with E-state index >= 15 is 0 Å². The summed E-state index contributed by atoms with van der Waals surface area (Å²) in [5, 5.41) is 12.9. The van der Waals surface area contributed by atoms with E-state index in [4.69, 9.17) is 21.1 Å². The third-order valence-electron chi connectivity index (χ3n) is 7.86. The van der Waals surface area contributed by atoms with Gasteiger partial charge in [-0.3, -0.25) is 9.59 Å². The van der Waals surface area contributed by atoms with Crippen LogP contribution in [0.5, 0.6) is 11.5 Å². The van der Waals surface area contributed by atoms with Gasteiger partial charge in [-0.1, -0.05) is 23.7 Å². The maximum absolute atomic E-state index is 13.2. The summed E-state index contributed by atoms with van der Waals surface area (Å²) < 4.78 is 11.7. The first kappa shape index (κ1) is 27.8. The molecule has 1 aliphatic carbocycles. The number of halogens is 1. The Morgan fingerprint density at radius 2 is 1.75 bits per heavy atom. The van der Waals surface area contributed by atoms with Crippen LogP contribution in [0.25, 0.3) is 0 Å². The average Bonchev–Trinajstić information content (AvgIpc) is 3.81. The SMILES string of the molecule is COc1ccc(C(=O)Nc2ccc(Cl)cc2)c(N2CCC(COc3cccc(C(CC(=O)O)C4CC4)c3)CC2)c1. The van der Waals surface area contributed by atoms with Crippen LogP contribution in [-0.2, 0) is 4.79 Å². The van der Waals surface area contributed by atoms with E-state index in [9.17, 15) is 14.7 Å². The number of rotatable bonds is 11. The molecule has 0 radical (unpaired) electrons. The standard InChI is InChI=1S/C32H35ClN2O5/c1-39-26-11-12-28(32(38)34-25-9-7-24(33)8-10-25)30(18-26)35-15-13-21(14-16-35)20-40-27-4-2-3-23(17-27)29(19-31(36)37)22-5-6-22/h2-4,7-12,17-18,21-22,29H,5-6,13-16,19-20H2,1H3,(H,34,38)(H,36,37). The Morgan fingerprint density at radius 3 is 2.42 bits per heavy atom. The molecule has 3 aromatic carbocycles. The fraction of sp³-hybridized carbons (Fsp3) is 0.375. The number of carboxylic acid groups (broad SMARTS) is 1. The third-order valence-corrected chi connectivity index (χ3v) is 8.12. The lowest BCUT2D eigenvalue weighted by Crippen LogP contribution is -2.36. The number of nitrogens with one attached hydrogen (secondary N) is 1. The maximum Gasteiger partial charge on any atom is 0.303 e. The van der Waals surface area contributed by atoms with E-state index in [0.717, 1.165) is 55.8 Å². The first-order chi connectivity index (χ1) is 19.4. The Kier molecular flexibility index (Phi) is 8.80. The minimum atomic E-state index is -0.753. The quantitative estimate of drug-likeness (QED) is 0.265. The molecule has 40 heavy (non-hydrogen) atoms. The molecule has 7 nitrogen and oxygen atoms in total. The van der Waals surface area contributed by atoms with Crippen molar-refractivity contribution in [3.8, 4) is 11.5 Å². The van der Waals surface area contributed by atoms with Gasteiger partial charge >= 0.3 is 5.97 Å². The monoisotopic (exact) mass is 562 g/mol. The Labute approximate surface area is 240 Å². The van der Waals surface area contributed by atoms with Crippen molar-refractivity contribution in [1.29, 1.82) is 0 Å². The molecule has 8 heteroatoms. The van der Waals surface area contributed by atoms with Crippen LogP contribution in [0.4, 0.5) is 11.4 Å². The smallest absolute Gasteiger partial charge is 0.303 e. The molecule has 0 bridgehead atoms. The summed E-state index contributed by atoms with van der Waals surface area (Å²) >= 11 is 5.98. The fourth-order valence-electron chi connectivity index (χ4n) is 5.46. The van der Waals surface area contributed by atoms with Crippen LogP contribution in [0.2, 0.25) is 5.02 Å². The van der Waals surface area contributed by atoms with Gasteiger partial charge in [0, 0.05) is 29.9 Å². The van der Waals surface area contributed by atoms with Crippen molar-refractivity contribution in [2.45, 2.75) is 38.0 Å². The molecule has 1 saturated carbocycles. The largest absolute Gasteiger partial charge is 0.497 e. The summed E-state index contributed by atoms with van der Waals surface area (Å²) in [6.45, 7) is 2.20. The molecule has 1 heterocycles. The molecule has 210 valence electrons. The van der Waals surface area contributed by atoms with Crippen molar-refractivity contribution >= 4 is 34.9 Å². The number of anilines is 2. The molecule has 1 saturated heterocycles. The van der Waals surface area contributed by atoms with Gasteiger partial charge in [0.25, 0.3) is 5.91 Å². The number of nitrogens with zero attached hydrogens (tertiary/aromatic N) is 1. The zero-order valence-electron chi connectivity index (χ0n) is 22.6. The highest BCUT2D eigenvalue weighted by molar-refractivity contribution is 6.30. The normalized spacial score (nSPS) is 16.3. The molecule has 5 rings (SSSR count). The highest BCUT2D eigenvalue weighted by atomic mass is 35.5. The number of piperidine rings is 1. The summed E-state index contributed by atoms with van der Waals surface area (Å²) in [4.78, 5) is 26.8. The van der Waals surface area contributed by atoms with E-state index in [-0.39, 0.29) is 18.2 Å². The van der Waals surface area contributed by atoms with Crippen molar-refractivity contribution in [3.05, 3.63) is 82.9 Å². The summed E-state index contributed by atoms with van der Waals surface area (Å²) in [7, 11) is 1.62. The molecular weight excluding hydrogens is 528 g/mol. The zero-order valence-corrected chi connectivity index (χ0v) is 23.4. The molecule has 2 N–H and O–H groups in total. The molecule has 2 aliphatic rings. The number of hydrogen-bond acceptors (Lipinski definition) is 5. The lowest BCUT2D eigenvalue weighted by Gasteiger charge is -2.34. The van der Waals surface area contributed by atoms with Crippen LogP contribution in [-0.4, -0.2) is 43.8 Å². The van der Waals surface area contributed by atoms with Crippen LogP contribution in [0.3, 0.4) is 0 Å². The summed E-state index contributed by atoms with van der Waals surface area (Å²) in [5.74, 6) is 1.47. The van der Waals surface area contributed by atoms with Crippen molar-refractivity contribution in [3.63, 3.8) is 0 Å². The summed E-state index contributed by atoms with van der Waals surface area (Å²) in [5.41, 5.74) is 3.18. The van der Waals surface area contributed by atoms with Crippen LogP contribution >= 0.6 is 11.6 Å². The lowest BCUT2D eigenvalue weighted by molar-refractivity contribution is -0.137. The number of amides is 1. The van der Waals surface area contributed by atoms with E-state index in [1.807, 2.05) is 30.3 Å². The molecule has 0 aromatic heterocycles. The van der Waals surface area contributed by atoms with E-state index in [1.54, 1.807) is 43.5 Å². The number of aliphatic carboxylic acids is 1. The van der Waals surface area contributed by atoms with Crippen molar-refractivity contribution in [2.75, 3.05) is 37.0 Å². The molecule has 1 amide bonds. The topological polar surface area (TPSA) is 88.1 Å². The number of ether oxygens (including phenoxy) is 2. The third kappa shape index (κ3) is 7.07. The Morgan fingerprint density at radius 1 is 1.00 bits per heavy atom. The van der Waals surface area contributed by atoms with Crippen LogP contribution in [0.15, 0.2) is 66.7 Å². The van der Waals surface area contributed by atoms with Gasteiger partial charge in [0.15, 0.2) is 0 Å². The van der Waals surface area contributed by atoms with Gasteiger partial charge in [0.2, 0.25) is 0 Å². The highest BCUT2D eigenvalue weighted by Crippen LogP contribution is 2.45. The molecule has 1 unspecified atom stereocenters. The van der Waals surface area contributed by atoms with Gasteiger partial charge in [-0.15, -0.1) is 0 Å². The second kappa shape index (κ2) is 12.6. The van der Waals surface area contributed by atoms with E-state index in [2.05, 4.69) is 10.2 Å². The Balaban J connectivity index is 1.20. The van der Waals surface area contributed by atoms with Gasteiger partial charge in [0.05, 0.1) is 31.4 Å². The Hall–Kier alpha value is -3.71. The van der Waals surface area contributed by atoms with Gasteiger partial charge in [-0.25, -0.2) is 0 Å². The number of benzene rings is 3.